The SMILES string of the molecule is COc1cccc(NCCNC2=CC(c3cccc(C)c3C)N=C(N)N2)c1. The van der Waals surface area contributed by atoms with Crippen LogP contribution in [0.3, 0.4) is 0 Å². The Labute approximate surface area is 160 Å². The number of nitrogens with zero attached hydrogens (tertiary/aromatic N) is 1. The number of rotatable bonds is 7. The highest BCUT2D eigenvalue weighted by Crippen LogP contribution is 2.26. The Balaban J connectivity index is 1.59. The first-order valence-electron chi connectivity index (χ1n) is 9.07. The second-order valence-electron chi connectivity index (χ2n) is 6.54. The van der Waals surface area contributed by atoms with Crippen molar-refractivity contribution in [3.63, 3.8) is 0 Å². The third kappa shape index (κ3) is 4.73. The van der Waals surface area contributed by atoms with Crippen molar-refractivity contribution in [2.24, 2.45) is 10.7 Å². The molecule has 0 bridgehead atoms. The van der Waals surface area contributed by atoms with Gasteiger partial charge in [-0.1, -0.05) is 24.3 Å². The van der Waals surface area contributed by atoms with Crippen LogP contribution < -0.4 is 26.4 Å². The van der Waals surface area contributed by atoms with E-state index >= 15 is 0 Å². The van der Waals surface area contributed by atoms with Crippen molar-refractivity contribution in [1.82, 2.24) is 10.6 Å². The van der Waals surface area contributed by atoms with Crippen LogP contribution in [-0.4, -0.2) is 26.2 Å². The molecule has 0 aliphatic carbocycles. The van der Waals surface area contributed by atoms with Crippen LogP contribution in [0.25, 0.3) is 0 Å². The van der Waals surface area contributed by atoms with Gasteiger partial charge in [0.25, 0.3) is 0 Å². The fourth-order valence-electron chi connectivity index (χ4n) is 3.05. The summed E-state index contributed by atoms with van der Waals surface area (Å²) < 4.78 is 5.24. The maximum Gasteiger partial charge on any atom is 0.195 e. The average Bonchev–Trinajstić information content (AvgIpc) is 2.67. The molecule has 0 aromatic heterocycles. The Morgan fingerprint density at radius 3 is 2.70 bits per heavy atom. The van der Waals surface area contributed by atoms with Gasteiger partial charge in [-0.2, -0.15) is 0 Å². The lowest BCUT2D eigenvalue weighted by molar-refractivity contribution is 0.415. The van der Waals surface area contributed by atoms with Crippen LogP contribution in [-0.2, 0) is 0 Å². The Bertz CT molecular complexity index is 859. The minimum atomic E-state index is -0.0833. The Hall–Kier alpha value is -3.15. The van der Waals surface area contributed by atoms with E-state index in [4.69, 9.17) is 10.5 Å². The van der Waals surface area contributed by atoms with Gasteiger partial charge < -0.3 is 26.4 Å². The molecule has 27 heavy (non-hydrogen) atoms. The lowest BCUT2D eigenvalue weighted by atomic mass is 9.97. The number of benzene rings is 2. The zero-order chi connectivity index (χ0) is 19.2. The fourth-order valence-corrected chi connectivity index (χ4v) is 3.05. The van der Waals surface area contributed by atoms with E-state index in [0.717, 1.165) is 30.3 Å². The molecule has 0 spiro atoms. The summed E-state index contributed by atoms with van der Waals surface area (Å²) in [5, 5.41) is 9.85. The highest BCUT2D eigenvalue weighted by atomic mass is 16.5. The first-order chi connectivity index (χ1) is 13.1. The summed E-state index contributed by atoms with van der Waals surface area (Å²) in [6.07, 6.45) is 2.07. The summed E-state index contributed by atoms with van der Waals surface area (Å²) >= 11 is 0. The summed E-state index contributed by atoms with van der Waals surface area (Å²) in [6, 6.07) is 14.1. The van der Waals surface area contributed by atoms with Gasteiger partial charge >= 0.3 is 0 Å². The van der Waals surface area contributed by atoms with Gasteiger partial charge in [-0.3, -0.25) is 0 Å². The molecule has 6 nitrogen and oxygen atoms in total. The third-order valence-electron chi connectivity index (χ3n) is 4.67. The molecule has 2 aromatic carbocycles. The van der Waals surface area contributed by atoms with Gasteiger partial charge in [-0.15, -0.1) is 0 Å². The van der Waals surface area contributed by atoms with Crippen LogP contribution in [0, 0.1) is 13.8 Å². The van der Waals surface area contributed by atoms with E-state index in [1.807, 2.05) is 24.3 Å². The number of ether oxygens (including phenoxy) is 1. The van der Waals surface area contributed by atoms with Crippen molar-refractivity contribution in [3.8, 4) is 5.75 Å². The molecule has 0 saturated carbocycles. The van der Waals surface area contributed by atoms with Crippen LogP contribution in [0.1, 0.15) is 22.7 Å². The van der Waals surface area contributed by atoms with Crippen LogP contribution in [0.5, 0.6) is 5.75 Å². The molecule has 1 aliphatic heterocycles. The number of hydrogen-bond donors (Lipinski definition) is 4. The summed E-state index contributed by atoms with van der Waals surface area (Å²) in [4.78, 5) is 4.54. The topological polar surface area (TPSA) is 83.7 Å². The molecule has 1 aliphatic rings. The van der Waals surface area contributed by atoms with E-state index in [-0.39, 0.29) is 6.04 Å². The van der Waals surface area contributed by atoms with Gasteiger partial charge in [-0.05, 0) is 48.7 Å². The predicted molar refractivity (Wildman–Crippen MR) is 111 cm³/mol. The minimum absolute atomic E-state index is 0.0833. The van der Waals surface area contributed by atoms with E-state index < -0.39 is 0 Å². The van der Waals surface area contributed by atoms with Gasteiger partial charge in [0.2, 0.25) is 0 Å². The molecule has 0 saturated heterocycles. The minimum Gasteiger partial charge on any atom is -0.497 e. The van der Waals surface area contributed by atoms with Gasteiger partial charge in [0.05, 0.1) is 7.11 Å². The summed E-state index contributed by atoms with van der Waals surface area (Å²) in [5.41, 5.74) is 10.7. The Morgan fingerprint density at radius 1 is 1.11 bits per heavy atom. The highest BCUT2D eigenvalue weighted by Gasteiger charge is 2.17. The van der Waals surface area contributed by atoms with E-state index in [0.29, 0.717) is 5.96 Å². The summed E-state index contributed by atoms with van der Waals surface area (Å²) in [6.45, 7) is 5.73. The number of methoxy groups -OCH3 is 1. The molecule has 0 amide bonds. The van der Waals surface area contributed by atoms with Crippen LogP contribution in [0.2, 0.25) is 0 Å². The van der Waals surface area contributed by atoms with E-state index in [2.05, 4.69) is 59.1 Å². The monoisotopic (exact) mass is 365 g/mol. The van der Waals surface area contributed by atoms with Crippen molar-refractivity contribution in [3.05, 3.63) is 71.1 Å². The van der Waals surface area contributed by atoms with Crippen molar-refractivity contribution >= 4 is 11.6 Å². The number of guanidine groups is 1. The van der Waals surface area contributed by atoms with Crippen LogP contribution in [0.4, 0.5) is 5.69 Å². The Morgan fingerprint density at radius 2 is 1.89 bits per heavy atom. The molecule has 1 unspecified atom stereocenters. The second-order valence-corrected chi connectivity index (χ2v) is 6.54. The number of aliphatic imine (C=N–C) groups is 1. The first kappa shape index (κ1) is 18.6. The van der Waals surface area contributed by atoms with Crippen molar-refractivity contribution < 1.29 is 4.74 Å². The molecule has 6 heteroatoms. The van der Waals surface area contributed by atoms with Crippen LogP contribution in [0.15, 0.2) is 59.4 Å². The zero-order valence-electron chi connectivity index (χ0n) is 16.0. The lowest BCUT2D eigenvalue weighted by Crippen LogP contribution is -2.40. The van der Waals surface area contributed by atoms with Crippen LogP contribution >= 0.6 is 0 Å². The third-order valence-corrected chi connectivity index (χ3v) is 4.67. The maximum atomic E-state index is 6.00. The summed E-state index contributed by atoms with van der Waals surface area (Å²) in [7, 11) is 1.67. The van der Waals surface area contributed by atoms with E-state index in [1.165, 1.54) is 16.7 Å². The molecule has 5 N–H and O–H groups in total. The smallest absolute Gasteiger partial charge is 0.195 e. The quantitative estimate of drug-likeness (QED) is 0.567. The van der Waals surface area contributed by atoms with Crippen molar-refractivity contribution in [1.29, 1.82) is 0 Å². The molecule has 2 aromatic rings. The average molecular weight is 365 g/mol. The molecular weight excluding hydrogens is 338 g/mol. The number of nitrogens with two attached hydrogens (primary N) is 1. The normalized spacial score (nSPS) is 16.0. The predicted octanol–water partition coefficient (Wildman–Crippen LogP) is 2.81. The molecule has 142 valence electrons. The zero-order valence-corrected chi connectivity index (χ0v) is 16.0. The largest absolute Gasteiger partial charge is 0.497 e. The first-order valence-corrected chi connectivity index (χ1v) is 9.07. The van der Waals surface area contributed by atoms with Gasteiger partial charge in [-0.25, -0.2) is 4.99 Å². The van der Waals surface area contributed by atoms with Crippen molar-refractivity contribution in [2.45, 2.75) is 19.9 Å². The fraction of sp³-hybridized carbons (Fsp3) is 0.286. The second kappa shape index (κ2) is 8.49. The standard InChI is InChI=1S/C21H27N5O/c1-14-6-4-9-18(15(14)2)19-13-20(26-21(22)25-19)24-11-10-23-16-7-5-8-17(12-16)27-3/h4-9,12-13,19,23-24H,10-11H2,1-3H3,(H3,22,25,26). The molecule has 1 heterocycles. The van der Waals surface area contributed by atoms with Gasteiger partial charge in [0.15, 0.2) is 5.96 Å². The maximum absolute atomic E-state index is 6.00. The molecule has 3 rings (SSSR count). The number of nitrogens with one attached hydrogen (secondary N) is 3. The van der Waals surface area contributed by atoms with Gasteiger partial charge in [0, 0.05) is 24.8 Å². The number of anilines is 1. The lowest BCUT2D eigenvalue weighted by Gasteiger charge is -2.23. The number of hydrogen-bond acceptors (Lipinski definition) is 6. The Kier molecular flexibility index (Phi) is 5.86. The van der Waals surface area contributed by atoms with Crippen molar-refractivity contribution in [2.75, 3.05) is 25.5 Å². The molecule has 0 fully saturated rings. The van der Waals surface area contributed by atoms with E-state index in [1.54, 1.807) is 7.11 Å². The molecule has 0 radical (unpaired) electrons. The van der Waals surface area contributed by atoms with Gasteiger partial charge in [0.1, 0.15) is 17.6 Å². The molecule has 1 atom stereocenters. The number of aryl methyl sites for hydroxylation is 1. The molecular formula is C21H27N5O. The highest BCUT2D eigenvalue weighted by molar-refractivity contribution is 5.81. The van der Waals surface area contributed by atoms with E-state index in [9.17, 15) is 0 Å². The summed E-state index contributed by atoms with van der Waals surface area (Å²) in [5.74, 6) is 2.14.